The molecule has 35 heavy (non-hydrogen) atoms. The molecule has 1 N–H and O–H groups in total. The second-order valence-corrected chi connectivity index (χ2v) is 13.4. The topological polar surface area (TPSA) is 46.5 Å². The highest BCUT2D eigenvalue weighted by atomic mass is 31.2. The van der Waals surface area contributed by atoms with E-state index in [2.05, 4.69) is 19.1 Å². The van der Waals surface area contributed by atoms with Gasteiger partial charge in [-0.15, -0.1) is 0 Å². The molecule has 0 aliphatic heterocycles. The molecule has 0 saturated heterocycles. The summed E-state index contributed by atoms with van der Waals surface area (Å²) in [6, 6.07) is 0. The van der Waals surface area contributed by atoms with Gasteiger partial charge < -0.3 is 13.9 Å². The Morgan fingerprint density at radius 2 is 1.03 bits per heavy atom. The van der Waals surface area contributed by atoms with Gasteiger partial charge in [-0.25, -0.2) is 0 Å². The second-order valence-electron chi connectivity index (χ2n) is 11.5. The highest BCUT2D eigenvalue weighted by Crippen LogP contribution is 2.51. The molecule has 0 aromatic heterocycles. The summed E-state index contributed by atoms with van der Waals surface area (Å²) >= 11 is 0. The van der Waals surface area contributed by atoms with Crippen LogP contribution in [-0.2, 0) is 9.09 Å². The van der Waals surface area contributed by atoms with Crippen molar-refractivity contribution in [3.63, 3.8) is 0 Å². The molecular weight excluding hydrogens is 453 g/mol. The molecule has 0 bridgehead atoms. The molecule has 0 heterocycles. The Morgan fingerprint density at radius 3 is 1.40 bits per heavy atom. The molecule has 0 aromatic carbocycles. The minimum atomic E-state index is -3.56. The Balaban J connectivity index is 3.41. The molecule has 5 heteroatoms. The number of nitrogens with zero attached hydrogens (tertiary/aromatic N) is 1. The van der Waals surface area contributed by atoms with E-state index in [1.54, 1.807) is 0 Å². The minimum Gasteiger partial charge on any atom is -0.320 e. The fraction of sp³-hybridized carbons (Fsp3) is 0.933. The van der Waals surface area contributed by atoms with Gasteiger partial charge in [-0.1, -0.05) is 122 Å². The first-order valence-corrected chi connectivity index (χ1v) is 16.8. The average molecular weight is 517 g/mol. The third kappa shape index (κ3) is 21.6. The van der Waals surface area contributed by atoms with Gasteiger partial charge in [0.1, 0.15) is 0 Å². The third-order valence-corrected chi connectivity index (χ3v) is 9.43. The zero-order chi connectivity index (χ0) is 26.3. The molecular formula is C30H63NO3P+. The van der Waals surface area contributed by atoms with Crippen molar-refractivity contribution in [1.29, 1.82) is 0 Å². The maximum absolute atomic E-state index is 12.5. The average Bonchev–Trinajstić information content (AvgIpc) is 2.78. The van der Waals surface area contributed by atoms with Gasteiger partial charge in [0.25, 0.3) is 0 Å². The Morgan fingerprint density at radius 1 is 0.657 bits per heavy atom. The molecule has 0 radical (unpaired) electrons. The van der Waals surface area contributed by atoms with Gasteiger partial charge >= 0.3 is 7.60 Å². The summed E-state index contributed by atoms with van der Waals surface area (Å²) in [5.74, 6) is -0.356. The standard InChI is InChI=1S/C30H62NO3P/c1-6-8-9-10-11-12-13-14-15-16-17-18-19-20-21-22-23-24-25-26-27-28-29-34-35(32,33)30(7-2)31(3,4)5/h23-24,30H,6-22,25-29H2,1-5H3/p+1/b24-23-. The summed E-state index contributed by atoms with van der Waals surface area (Å²) in [6.45, 7) is 4.62. The van der Waals surface area contributed by atoms with Crippen molar-refractivity contribution in [3.05, 3.63) is 12.2 Å². The van der Waals surface area contributed by atoms with E-state index in [1.807, 2.05) is 28.1 Å². The molecule has 2 unspecified atom stereocenters. The van der Waals surface area contributed by atoms with Crippen LogP contribution < -0.4 is 0 Å². The van der Waals surface area contributed by atoms with Crippen LogP contribution in [0.4, 0.5) is 0 Å². The van der Waals surface area contributed by atoms with Crippen LogP contribution >= 0.6 is 7.60 Å². The number of hydrogen-bond acceptors (Lipinski definition) is 2. The van der Waals surface area contributed by atoms with Crippen LogP contribution in [0.3, 0.4) is 0 Å². The predicted octanol–water partition coefficient (Wildman–Crippen LogP) is 10.0. The van der Waals surface area contributed by atoms with Gasteiger partial charge in [-0.3, -0.25) is 4.57 Å². The first-order chi connectivity index (χ1) is 16.8. The van der Waals surface area contributed by atoms with E-state index in [-0.39, 0.29) is 5.78 Å². The SMILES string of the molecule is CCCCCCCCCCCCCCCCC/C=C\CCCCCOP(=O)(O)C(CC)[N+](C)(C)C. The molecule has 4 nitrogen and oxygen atoms in total. The van der Waals surface area contributed by atoms with Gasteiger partial charge in [-0.05, 0) is 32.1 Å². The van der Waals surface area contributed by atoms with Crippen LogP contribution in [0.15, 0.2) is 12.2 Å². The van der Waals surface area contributed by atoms with E-state index in [0.717, 1.165) is 25.7 Å². The summed E-state index contributed by atoms with van der Waals surface area (Å²) in [5, 5.41) is 0. The van der Waals surface area contributed by atoms with Crippen LogP contribution in [0.5, 0.6) is 0 Å². The molecule has 0 spiro atoms. The number of hydrogen-bond donors (Lipinski definition) is 1. The summed E-state index contributed by atoms with van der Waals surface area (Å²) < 4.78 is 18.4. The number of quaternary nitrogens is 1. The van der Waals surface area contributed by atoms with E-state index < -0.39 is 7.60 Å². The van der Waals surface area contributed by atoms with Gasteiger partial charge in [-0.2, -0.15) is 0 Å². The Kier molecular flexibility index (Phi) is 22.9. The van der Waals surface area contributed by atoms with Crippen LogP contribution in [0.25, 0.3) is 0 Å². The van der Waals surface area contributed by atoms with E-state index in [0.29, 0.717) is 17.5 Å². The van der Waals surface area contributed by atoms with Crippen molar-refractivity contribution in [2.24, 2.45) is 0 Å². The summed E-state index contributed by atoms with van der Waals surface area (Å²) in [6.07, 6.45) is 31.9. The highest BCUT2D eigenvalue weighted by Gasteiger charge is 2.41. The van der Waals surface area contributed by atoms with Crippen LogP contribution in [0.2, 0.25) is 0 Å². The maximum Gasteiger partial charge on any atom is 0.385 e. The molecule has 2 atom stereocenters. The minimum absolute atomic E-state index is 0.356. The first kappa shape index (κ1) is 34.9. The monoisotopic (exact) mass is 516 g/mol. The fourth-order valence-electron chi connectivity index (χ4n) is 4.91. The van der Waals surface area contributed by atoms with Gasteiger partial charge in [0, 0.05) is 6.42 Å². The van der Waals surface area contributed by atoms with Crippen molar-refractivity contribution >= 4 is 7.60 Å². The number of rotatable bonds is 26. The van der Waals surface area contributed by atoms with E-state index in [9.17, 15) is 9.46 Å². The zero-order valence-corrected chi connectivity index (χ0v) is 25.3. The fourth-order valence-corrected chi connectivity index (χ4v) is 6.81. The summed E-state index contributed by atoms with van der Waals surface area (Å²) in [5.41, 5.74) is 0. The van der Waals surface area contributed by atoms with Crippen molar-refractivity contribution < 1.29 is 18.5 Å². The van der Waals surface area contributed by atoms with E-state index >= 15 is 0 Å². The lowest BCUT2D eigenvalue weighted by Gasteiger charge is -2.35. The van der Waals surface area contributed by atoms with Crippen molar-refractivity contribution in [1.82, 2.24) is 0 Å². The quantitative estimate of drug-likeness (QED) is 0.0538. The molecule has 0 fully saturated rings. The van der Waals surface area contributed by atoms with Crippen LogP contribution in [-0.4, -0.2) is 42.9 Å². The molecule has 0 aliphatic carbocycles. The van der Waals surface area contributed by atoms with E-state index in [1.165, 1.54) is 103 Å². The Labute approximate surface area is 220 Å². The number of unbranched alkanes of at least 4 members (excludes halogenated alkanes) is 18. The molecule has 0 aliphatic rings. The van der Waals surface area contributed by atoms with E-state index in [4.69, 9.17) is 4.52 Å². The van der Waals surface area contributed by atoms with Gasteiger partial charge in [0.15, 0.2) is 5.78 Å². The Hall–Kier alpha value is -0.150. The molecule has 0 saturated carbocycles. The molecule has 0 amide bonds. The molecule has 0 rings (SSSR count). The smallest absolute Gasteiger partial charge is 0.320 e. The summed E-state index contributed by atoms with van der Waals surface area (Å²) in [7, 11) is 2.29. The lowest BCUT2D eigenvalue weighted by atomic mass is 10.0. The number of allylic oxidation sites excluding steroid dienone is 2. The molecule has 210 valence electrons. The van der Waals surface area contributed by atoms with Gasteiger partial charge in [0.05, 0.1) is 27.7 Å². The van der Waals surface area contributed by atoms with Crippen LogP contribution in [0.1, 0.15) is 149 Å². The maximum atomic E-state index is 12.5. The van der Waals surface area contributed by atoms with Crippen LogP contribution in [0, 0.1) is 0 Å². The highest BCUT2D eigenvalue weighted by molar-refractivity contribution is 7.53. The zero-order valence-electron chi connectivity index (χ0n) is 24.4. The van der Waals surface area contributed by atoms with Crippen molar-refractivity contribution in [2.75, 3.05) is 27.7 Å². The van der Waals surface area contributed by atoms with Gasteiger partial charge in [0.2, 0.25) is 0 Å². The second kappa shape index (κ2) is 23.0. The predicted molar refractivity (Wildman–Crippen MR) is 155 cm³/mol. The van der Waals surface area contributed by atoms with Crippen molar-refractivity contribution in [2.45, 2.75) is 154 Å². The normalized spacial score (nSPS) is 15.0. The Bertz CT molecular complexity index is 530. The molecule has 0 aromatic rings. The largest absolute Gasteiger partial charge is 0.385 e. The summed E-state index contributed by atoms with van der Waals surface area (Å²) in [4.78, 5) is 10.3. The lowest BCUT2D eigenvalue weighted by molar-refractivity contribution is -0.883. The third-order valence-electron chi connectivity index (χ3n) is 7.07. The first-order valence-electron chi connectivity index (χ1n) is 15.2. The van der Waals surface area contributed by atoms with Crippen molar-refractivity contribution in [3.8, 4) is 0 Å². The lowest BCUT2D eigenvalue weighted by Crippen LogP contribution is -2.44.